The molecule has 2 N–H and O–H groups in total. The van der Waals surface area contributed by atoms with Crippen LogP contribution >= 0.6 is 11.6 Å². The first-order chi connectivity index (χ1) is 16.9. The Morgan fingerprint density at radius 2 is 1.91 bits per heavy atom. The van der Waals surface area contributed by atoms with Gasteiger partial charge in [0.25, 0.3) is 0 Å². The molecule has 0 aliphatic carbocycles. The summed E-state index contributed by atoms with van der Waals surface area (Å²) in [4.78, 5) is 25.3. The maximum absolute atomic E-state index is 14.7. The fraction of sp³-hybridized carbons (Fsp3) is 0.0769. The van der Waals surface area contributed by atoms with Gasteiger partial charge < -0.3 is 15.2 Å². The number of anilines is 2. The first kappa shape index (κ1) is 22.5. The molecule has 0 radical (unpaired) electrons. The number of aromatic carboxylic acids is 1. The molecule has 2 heterocycles. The second kappa shape index (κ2) is 9.15. The largest absolute Gasteiger partial charge is 0.496 e. The third-order valence-electron chi connectivity index (χ3n) is 5.58. The number of halogens is 2. The van der Waals surface area contributed by atoms with Crippen molar-refractivity contribution in [3.05, 3.63) is 100.0 Å². The summed E-state index contributed by atoms with van der Waals surface area (Å²) in [5.41, 5.74) is 4.11. The number of carbonyl (C=O) groups is 1. The van der Waals surface area contributed by atoms with Crippen molar-refractivity contribution in [1.82, 2.24) is 9.97 Å². The predicted molar refractivity (Wildman–Crippen MR) is 131 cm³/mol. The number of carboxylic acid groups (broad SMARTS) is 1. The monoisotopic (exact) mass is 488 g/mol. The number of fused-ring (bicyclic) bond motifs is 3. The molecule has 0 spiro atoms. The number of nitrogens with one attached hydrogen (secondary N) is 1. The van der Waals surface area contributed by atoms with Crippen molar-refractivity contribution >= 4 is 34.9 Å². The van der Waals surface area contributed by atoms with Gasteiger partial charge in [-0.2, -0.15) is 0 Å². The van der Waals surface area contributed by atoms with Gasteiger partial charge in [-0.3, -0.25) is 4.99 Å². The lowest BCUT2D eigenvalue weighted by Gasteiger charge is -2.13. The Hall–Kier alpha value is -4.30. The molecule has 0 atom stereocenters. The molecule has 0 unspecified atom stereocenters. The summed E-state index contributed by atoms with van der Waals surface area (Å²) in [6.07, 6.45) is 1.65. The van der Waals surface area contributed by atoms with Gasteiger partial charge in [0.15, 0.2) is 0 Å². The minimum atomic E-state index is -1.11. The molecule has 7 nitrogen and oxygen atoms in total. The molecule has 1 aliphatic rings. The third kappa shape index (κ3) is 4.31. The van der Waals surface area contributed by atoms with Gasteiger partial charge in [0, 0.05) is 39.2 Å². The molecule has 1 aliphatic heterocycles. The van der Waals surface area contributed by atoms with E-state index in [-0.39, 0.29) is 29.6 Å². The molecule has 35 heavy (non-hydrogen) atoms. The van der Waals surface area contributed by atoms with E-state index >= 15 is 0 Å². The summed E-state index contributed by atoms with van der Waals surface area (Å²) in [5.74, 6) is -0.989. The average Bonchev–Trinajstić information content (AvgIpc) is 3.00. The molecule has 5 rings (SSSR count). The zero-order valence-electron chi connectivity index (χ0n) is 18.4. The normalized spacial score (nSPS) is 12.1. The molecule has 0 fully saturated rings. The first-order valence-electron chi connectivity index (χ1n) is 10.6. The molecule has 4 aromatic rings. The lowest BCUT2D eigenvalue weighted by atomic mass is 9.95. The SMILES string of the molecule is COc1ccc(Nc2ncc3c(n2)-c2ccc(Cl)cc2C(c2ccccc2F)=NC3)cc1C(=O)O. The van der Waals surface area contributed by atoms with Crippen LogP contribution in [0.25, 0.3) is 11.3 Å². The van der Waals surface area contributed by atoms with Crippen LogP contribution in [0.2, 0.25) is 5.02 Å². The van der Waals surface area contributed by atoms with Gasteiger partial charge in [-0.15, -0.1) is 0 Å². The Morgan fingerprint density at radius 1 is 1.09 bits per heavy atom. The van der Waals surface area contributed by atoms with Gasteiger partial charge >= 0.3 is 5.97 Å². The molecule has 174 valence electrons. The van der Waals surface area contributed by atoms with Gasteiger partial charge in [0.05, 0.1) is 25.1 Å². The Kier molecular flexibility index (Phi) is 5.88. The van der Waals surface area contributed by atoms with Crippen molar-refractivity contribution in [3.8, 4) is 17.0 Å². The highest BCUT2D eigenvalue weighted by atomic mass is 35.5. The zero-order chi connectivity index (χ0) is 24.5. The molecule has 3 aromatic carbocycles. The van der Waals surface area contributed by atoms with Crippen LogP contribution in [0.5, 0.6) is 5.75 Å². The van der Waals surface area contributed by atoms with Gasteiger partial charge in [0.1, 0.15) is 17.1 Å². The van der Waals surface area contributed by atoms with E-state index in [1.807, 2.05) is 6.07 Å². The second-order valence-corrected chi connectivity index (χ2v) is 8.18. The van der Waals surface area contributed by atoms with Crippen molar-refractivity contribution in [2.24, 2.45) is 4.99 Å². The number of aromatic nitrogens is 2. The van der Waals surface area contributed by atoms with Gasteiger partial charge in [-0.25, -0.2) is 19.2 Å². The van der Waals surface area contributed by atoms with E-state index in [0.29, 0.717) is 33.2 Å². The molecular formula is C26H18ClFN4O3. The van der Waals surface area contributed by atoms with E-state index in [0.717, 1.165) is 11.1 Å². The number of nitrogens with zero attached hydrogens (tertiary/aromatic N) is 3. The average molecular weight is 489 g/mol. The fourth-order valence-corrected chi connectivity index (χ4v) is 4.12. The van der Waals surface area contributed by atoms with Crippen molar-refractivity contribution in [1.29, 1.82) is 0 Å². The van der Waals surface area contributed by atoms with Crippen LogP contribution in [-0.2, 0) is 6.54 Å². The van der Waals surface area contributed by atoms with Crippen molar-refractivity contribution in [2.45, 2.75) is 6.54 Å². The van der Waals surface area contributed by atoms with E-state index < -0.39 is 5.97 Å². The molecular weight excluding hydrogens is 471 g/mol. The Balaban J connectivity index is 1.58. The van der Waals surface area contributed by atoms with Crippen LogP contribution in [0.1, 0.15) is 27.0 Å². The number of rotatable bonds is 5. The van der Waals surface area contributed by atoms with Crippen LogP contribution in [0, 0.1) is 5.82 Å². The molecule has 0 bridgehead atoms. The molecule has 9 heteroatoms. The van der Waals surface area contributed by atoms with Gasteiger partial charge in [-0.05, 0) is 42.5 Å². The van der Waals surface area contributed by atoms with E-state index in [1.165, 1.54) is 19.2 Å². The highest BCUT2D eigenvalue weighted by Crippen LogP contribution is 2.34. The van der Waals surface area contributed by atoms with E-state index in [4.69, 9.17) is 21.3 Å². The summed E-state index contributed by atoms with van der Waals surface area (Å²) in [5, 5.41) is 13.0. The van der Waals surface area contributed by atoms with Gasteiger partial charge in [-0.1, -0.05) is 29.8 Å². The minimum absolute atomic E-state index is 0.00942. The fourth-order valence-electron chi connectivity index (χ4n) is 3.95. The summed E-state index contributed by atoms with van der Waals surface area (Å²) < 4.78 is 19.8. The number of hydrogen-bond donors (Lipinski definition) is 2. The third-order valence-corrected chi connectivity index (χ3v) is 5.81. The summed E-state index contributed by atoms with van der Waals surface area (Å²) >= 11 is 6.30. The molecule has 0 saturated carbocycles. The predicted octanol–water partition coefficient (Wildman–Crippen LogP) is 5.74. The first-order valence-corrected chi connectivity index (χ1v) is 11.0. The second-order valence-electron chi connectivity index (χ2n) is 7.75. The Bertz CT molecular complexity index is 1510. The quantitative estimate of drug-likeness (QED) is 0.372. The highest BCUT2D eigenvalue weighted by Gasteiger charge is 2.23. The smallest absolute Gasteiger partial charge is 0.339 e. The van der Waals surface area contributed by atoms with Crippen LogP contribution in [0.4, 0.5) is 16.0 Å². The number of ether oxygens (including phenoxy) is 1. The van der Waals surface area contributed by atoms with Crippen LogP contribution in [-0.4, -0.2) is 33.9 Å². The summed E-state index contributed by atoms with van der Waals surface area (Å²) in [6.45, 7) is 0.247. The van der Waals surface area contributed by atoms with E-state index in [1.54, 1.807) is 48.7 Å². The Morgan fingerprint density at radius 3 is 2.69 bits per heavy atom. The van der Waals surface area contributed by atoms with Crippen LogP contribution in [0.3, 0.4) is 0 Å². The van der Waals surface area contributed by atoms with Gasteiger partial charge in [0.2, 0.25) is 5.95 Å². The highest BCUT2D eigenvalue weighted by molar-refractivity contribution is 6.31. The maximum Gasteiger partial charge on any atom is 0.339 e. The van der Waals surface area contributed by atoms with E-state index in [2.05, 4.69) is 15.3 Å². The maximum atomic E-state index is 14.7. The van der Waals surface area contributed by atoms with Crippen molar-refractivity contribution in [3.63, 3.8) is 0 Å². The number of benzene rings is 3. The minimum Gasteiger partial charge on any atom is -0.496 e. The number of methoxy groups -OCH3 is 1. The number of aliphatic imine (C=N–C) groups is 1. The standard InChI is InChI=1S/C26H18ClFN4O3/c1-35-22-9-7-16(11-20(22)25(33)34)31-26-30-13-14-12-29-24(18-4-2-3-5-21(18)28)19-10-15(27)6-8-17(19)23(14)32-26/h2-11,13H,12H2,1H3,(H,33,34)(H,30,31,32). The lowest BCUT2D eigenvalue weighted by molar-refractivity contribution is 0.0693. The van der Waals surface area contributed by atoms with Crippen molar-refractivity contribution in [2.75, 3.05) is 12.4 Å². The van der Waals surface area contributed by atoms with E-state index in [9.17, 15) is 14.3 Å². The number of carboxylic acids is 1. The number of hydrogen-bond acceptors (Lipinski definition) is 6. The molecule has 1 aromatic heterocycles. The summed E-state index contributed by atoms with van der Waals surface area (Å²) in [7, 11) is 1.41. The van der Waals surface area contributed by atoms with Crippen LogP contribution in [0.15, 0.2) is 71.9 Å². The van der Waals surface area contributed by atoms with Crippen molar-refractivity contribution < 1.29 is 19.0 Å². The topological polar surface area (TPSA) is 96.7 Å². The summed E-state index contributed by atoms with van der Waals surface area (Å²) in [6, 6.07) is 16.4. The van der Waals surface area contributed by atoms with Crippen LogP contribution < -0.4 is 10.1 Å². The molecule has 0 saturated heterocycles. The molecule has 0 amide bonds. The zero-order valence-corrected chi connectivity index (χ0v) is 19.2. The Labute approximate surface area is 204 Å². The lowest BCUT2D eigenvalue weighted by Crippen LogP contribution is -2.07.